The van der Waals surface area contributed by atoms with Crippen LogP contribution in [-0.2, 0) is 9.59 Å². The van der Waals surface area contributed by atoms with Crippen LogP contribution in [0.4, 0.5) is 0 Å². The molecule has 0 aromatic heterocycles. The molecule has 1 saturated carbocycles. The van der Waals surface area contributed by atoms with Gasteiger partial charge in [0.2, 0.25) is 5.91 Å². The summed E-state index contributed by atoms with van der Waals surface area (Å²) in [5.74, 6) is -0.938. The van der Waals surface area contributed by atoms with Crippen molar-refractivity contribution in [2.24, 2.45) is 0 Å². The Bertz CT molecular complexity index is 331. The fourth-order valence-electron chi connectivity index (χ4n) is 2.79. The van der Waals surface area contributed by atoms with Gasteiger partial charge < -0.3 is 14.9 Å². The maximum Gasteiger partial charge on any atom is 0.329 e. The average molecular weight is 240 g/mol. The minimum Gasteiger partial charge on any atom is -0.479 e. The van der Waals surface area contributed by atoms with Gasteiger partial charge in [-0.05, 0) is 32.7 Å². The average Bonchev–Trinajstić information content (AvgIpc) is 3.05. The molecule has 1 N–H and O–H groups in total. The predicted octanol–water partition coefficient (Wildman–Crippen LogP) is 0.546. The van der Waals surface area contributed by atoms with Crippen molar-refractivity contribution in [3.8, 4) is 0 Å². The third-order valence-electron chi connectivity index (χ3n) is 3.92. The summed E-state index contributed by atoms with van der Waals surface area (Å²) < 4.78 is 0. The molecule has 1 saturated heterocycles. The van der Waals surface area contributed by atoms with Crippen molar-refractivity contribution in [3.63, 3.8) is 0 Å². The van der Waals surface area contributed by atoms with E-state index in [1.165, 1.54) is 6.92 Å². The van der Waals surface area contributed by atoms with E-state index in [1.54, 1.807) is 4.90 Å². The van der Waals surface area contributed by atoms with Crippen molar-refractivity contribution >= 4 is 11.9 Å². The molecular formula is C12H20N2O3. The molecule has 2 fully saturated rings. The van der Waals surface area contributed by atoms with Gasteiger partial charge in [-0.25, -0.2) is 4.79 Å². The normalized spacial score (nSPS) is 24.4. The van der Waals surface area contributed by atoms with Crippen LogP contribution < -0.4 is 0 Å². The van der Waals surface area contributed by atoms with Crippen molar-refractivity contribution in [2.45, 2.75) is 44.2 Å². The van der Waals surface area contributed by atoms with Crippen LogP contribution in [0.25, 0.3) is 0 Å². The minimum absolute atomic E-state index is 0.0977. The molecule has 2 rings (SSSR count). The molecule has 5 nitrogen and oxygen atoms in total. The summed E-state index contributed by atoms with van der Waals surface area (Å²) >= 11 is 0. The Kier molecular flexibility index (Phi) is 3.12. The maximum absolute atomic E-state index is 11.8. The number of likely N-dealkylation sites (tertiary alicyclic amines) is 1. The third-order valence-corrected chi connectivity index (χ3v) is 3.92. The monoisotopic (exact) mass is 240 g/mol. The molecule has 0 unspecified atom stereocenters. The van der Waals surface area contributed by atoms with Crippen molar-refractivity contribution in [1.29, 1.82) is 0 Å². The number of amides is 1. The summed E-state index contributed by atoms with van der Waals surface area (Å²) in [4.78, 5) is 27.2. The molecule has 1 heterocycles. The first-order valence-corrected chi connectivity index (χ1v) is 6.19. The smallest absolute Gasteiger partial charge is 0.329 e. The molecule has 0 radical (unpaired) electrons. The largest absolute Gasteiger partial charge is 0.479 e. The molecule has 1 aliphatic heterocycles. The first kappa shape index (κ1) is 12.4. The lowest BCUT2D eigenvalue weighted by Crippen LogP contribution is -2.61. The third kappa shape index (κ3) is 2.16. The lowest BCUT2D eigenvalue weighted by Gasteiger charge is -2.45. The summed E-state index contributed by atoms with van der Waals surface area (Å²) in [6.45, 7) is 2.97. The van der Waals surface area contributed by atoms with Crippen LogP contribution in [0.1, 0.15) is 32.6 Å². The SMILES string of the molecule is CC(=O)N(C1CC1)C1(C(=O)O)CCN(C)CC1. The van der Waals surface area contributed by atoms with E-state index in [9.17, 15) is 14.7 Å². The van der Waals surface area contributed by atoms with Crippen LogP contribution in [0.15, 0.2) is 0 Å². The Balaban J connectivity index is 2.26. The van der Waals surface area contributed by atoms with Gasteiger partial charge in [-0.1, -0.05) is 0 Å². The Morgan fingerprint density at radius 2 is 1.82 bits per heavy atom. The van der Waals surface area contributed by atoms with Crippen LogP contribution in [0.3, 0.4) is 0 Å². The predicted molar refractivity (Wildman–Crippen MR) is 62.6 cm³/mol. The summed E-state index contributed by atoms with van der Waals surface area (Å²) in [5, 5.41) is 9.56. The highest BCUT2D eigenvalue weighted by Crippen LogP contribution is 2.38. The van der Waals surface area contributed by atoms with Crippen molar-refractivity contribution in [2.75, 3.05) is 20.1 Å². The second kappa shape index (κ2) is 4.29. The first-order chi connectivity index (χ1) is 7.97. The minimum atomic E-state index is -0.959. The van der Waals surface area contributed by atoms with E-state index in [0.717, 1.165) is 25.9 Å². The Morgan fingerprint density at radius 1 is 1.29 bits per heavy atom. The van der Waals surface area contributed by atoms with Gasteiger partial charge in [0.25, 0.3) is 0 Å². The molecule has 0 spiro atoms. The number of piperidine rings is 1. The highest BCUT2D eigenvalue weighted by molar-refractivity contribution is 5.86. The molecule has 0 bridgehead atoms. The number of carboxylic acids is 1. The quantitative estimate of drug-likeness (QED) is 0.782. The summed E-state index contributed by atoms with van der Waals surface area (Å²) in [6, 6.07) is 0.159. The highest BCUT2D eigenvalue weighted by atomic mass is 16.4. The van der Waals surface area contributed by atoms with E-state index >= 15 is 0 Å². The number of carbonyl (C=O) groups is 2. The lowest BCUT2D eigenvalue weighted by molar-refractivity contribution is -0.163. The van der Waals surface area contributed by atoms with Crippen LogP contribution in [0, 0.1) is 0 Å². The van der Waals surface area contributed by atoms with E-state index < -0.39 is 11.5 Å². The number of hydrogen-bond donors (Lipinski definition) is 1. The standard InChI is InChI=1S/C12H20N2O3/c1-9(15)14(10-3-4-10)12(11(16)17)5-7-13(2)8-6-12/h10H,3-8H2,1-2H3,(H,16,17). The van der Waals surface area contributed by atoms with E-state index in [-0.39, 0.29) is 11.9 Å². The zero-order valence-electron chi connectivity index (χ0n) is 10.5. The zero-order chi connectivity index (χ0) is 12.6. The summed E-state index contributed by atoms with van der Waals surface area (Å²) in [5.41, 5.74) is -0.959. The molecule has 96 valence electrons. The fraction of sp³-hybridized carbons (Fsp3) is 0.833. The highest BCUT2D eigenvalue weighted by Gasteiger charge is 2.52. The number of carboxylic acid groups (broad SMARTS) is 1. The van der Waals surface area contributed by atoms with E-state index in [0.29, 0.717) is 12.8 Å². The first-order valence-electron chi connectivity index (χ1n) is 6.19. The summed E-state index contributed by atoms with van der Waals surface area (Å²) in [7, 11) is 1.99. The van der Waals surface area contributed by atoms with Gasteiger partial charge in [0.1, 0.15) is 5.54 Å². The topological polar surface area (TPSA) is 60.9 Å². The molecule has 5 heteroatoms. The fourth-order valence-corrected chi connectivity index (χ4v) is 2.79. The van der Waals surface area contributed by atoms with Gasteiger partial charge in [0.05, 0.1) is 0 Å². The molecule has 1 aliphatic carbocycles. The van der Waals surface area contributed by atoms with Crippen LogP contribution in [0.2, 0.25) is 0 Å². The van der Waals surface area contributed by atoms with Gasteiger partial charge >= 0.3 is 5.97 Å². The van der Waals surface area contributed by atoms with Gasteiger partial charge in [-0.3, -0.25) is 4.79 Å². The maximum atomic E-state index is 11.8. The van der Waals surface area contributed by atoms with Gasteiger partial charge in [-0.2, -0.15) is 0 Å². The molecule has 0 aromatic carbocycles. The zero-order valence-corrected chi connectivity index (χ0v) is 10.5. The Hall–Kier alpha value is -1.10. The van der Waals surface area contributed by atoms with Crippen LogP contribution in [-0.4, -0.2) is 58.5 Å². The summed E-state index contributed by atoms with van der Waals surface area (Å²) in [6.07, 6.45) is 2.97. The van der Waals surface area contributed by atoms with Gasteiger partial charge in [0.15, 0.2) is 0 Å². The van der Waals surface area contributed by atoms with Crippen LogP contribution in [0.5, 0.6) is 0 Å². The Labute approximate surface area is 101 Å². The number of hydrogen-bond acceptors (Lipinski definition) is 3. The number of carbonyl (C=O) groups excluding carboxylic acids is 1. The molecule has 0 aromatic rings. The van der Waals surface area contributed by atoms with Crippen LogP contribution >= 0.6 is 0 Å². The molecule has 1 amide bonds. The van der Waals surface area contributed by atoms with Crippen molar-refractivity contribution < 1.29 is 14.7 Å². The van der Waals surface area contributed by atoms with E-state index in [2.05, 4.69) is 4.90 Å². The molecular weight excluding hydrogens is 220 g/mol. The lowest BCUT2D eigenvalue weighted by atomic mass is 9.85. The molecule has 2 aliphatic rings. The second-order valence-electron chi connectivity index (χ2n) is 5.26. The number of nitrogens with zero attached hydrogens (tertiary/aromatic N) is 2. The van der Waals surface area contributed by atoms with E-state index in [4.69, 9.17) is 0 Å². The number of rotatable bonds is 3. The number of aliphatic carboxylic acids is 1. The van der Waals surface area contributed by atoms with Gasteiger partial charge in [-0.15, -0.1) is 0 Å². The molecule has 0 atom stereocenters. The second-order valence-corrected chi connectivity index (χ2v) is 5.26. The van der Waals surface area contributed by atoms with Gasteiger partial charge in [0, 0.05) is 26.1 Å². The Morgan fingerprint density at radius 3 is 2.18 bits per heavy atom. The van der Waals surface area contributed by atoms with E-state index in [1.807, 2.05) is 7.05 Å². The molecule has 17 heavy (non-hydrogen) atoms. The van der Waals surface area contributed by atoms with Crippen molar-refractivity contribution in [3.05, 3.63) is 0 Å². The van der Waals surface area contributed by atoms with Crippen molar-refractivity contribution in [1.82, 2.24) is 9.80 Å².